The first-order valence-corrected chi connectivity index (χ1v) is 8.32. The van der Waals surface area contributed by atoms with Crippen LogP contribution in [-0.4, -0.2) is 18.4 Å². The Morgan fingerprint density at radius 2 is 1.71 bits per heavy atom. The standard InChI is InChI=1S/C14H10BrN3O2S/c15-13-8-17-14(9-16-13)18-21(19,20)12-7-3-5-10-4-1-2-6-11(10)12/h1-9H,(H,17,18). The Hall–Kier alpha value is -1.99. The smallest absolute Gasteiger partial charge is 0.262 e. The molecular formula is C14H10BrN3O2S. The number of sulfonamides is 1. The number of anilines is 1. The third kappa shape index (κ3) is 2.88. The first-order valence-electron chi connectivity index (χ1n) is 6.04. The quantitative estimate of drug-likeness (QED) is 0.775. The molecule has 0 spiro atoms. The van der Waals surface area contributed by atoms with E-state index in [1.807, 2.05) is 18.2 Å². The van der Waals surface area contributed by atoms with Crippen LogP contribution in [0.1, 0.15) is 0 Å². The van der Waals surface area contributed by atoms with Gasteiger partial charge in [0.2, 0.25) is 0 Å². The number of hydrogen-bond acceptors (Lipinski definition) is 4. The highest BCUT2D eigenvalue weighted by Gasteiger charge is 2.17. The summed E-state index contributed by atoms with van der Waals surface area (Å²) in [4.78, 5) is 8.13. The monoisotopic (exact) mass is 363 g/mol. The summed E-state index contributed by atoms with van der Waals surface area (Å²) in [6.45, 7) is 0. The molecule has 7 heteroatoms. The normalized spacial score (nSPS) is 11.5. The number of aromatic nitrogens is 2. The van der Waals surface area contributed by atoms with Gasteiger partial charge in [0.05, 0.1) is 17.3 Å². The van der Waals surface area contributed by atoms with Crippen LogP contribution < -0.4 is 4.72 Å². The molecule has 0 atom stereocenters. The first kappa shape index (κ1) is 14.0. The molecule has 0 amide bonds. The second-order valence-electron chi connectivity index (χ2n) is 4.31. The lowest BCUT2D eigenvalue weighted by Gasteiger charge is -2.09. The van der Waals surface area contributed by atoms with Crippen molar-refractivity contribution in [2.75, 3.05) is 4.72 Å². The highest BCUT2D eigenvalue weighted by atomic mass is 79.9. The highest BCUT2D eigenvalue weighted by molar-refractivity contribution is 9.10. The molecule has 5 nitrogen and oxygen atoms in total. The topological polar surface area (TPSA) is 72.0 Å². The zero-order valence-corrected chi connectivity index (χ0v) is 13.1. The summed E-state index contributed by atoms with van der Waals surface area (Å²) in [7, 11) is -3.72. The molecule has 0 saturated heterocycles. The van der Waals surface area contributed by atoms with Crippen LogP contribution in [0.4, 0.5) is 5.82 Å². The Balaban J connectivity index is 2.06. The van der Waals surface area contributed by atoms with Gasteiger partial charge in [-0.3, -0.25) is 4.72 Å². The zero-order valence-electron chi connectivity index (χ0n) is 10.7. The van der Waals surface area contributed by atoms with Gasteiger partial charge in [-0.1, -0.05) is 36.4 Å². The van der Waals surface area contributed by atoms with Crippen molar-refractivity contribution in [3.63, 3.8) is 0 Å². The van der Waals surface area contributed by atoms with E-state index in [4.69, 9.17) is 0 Å². The molecule has 0 radical (unpaired) electrons. The van der Waals surface area contributed by atoms with Gasteiger partial charge in [-0.25, -0.2) is 18.4 Å². The van der Waals surface area contributed by atoms with E-state index in [0.29, 0.717) is 9.99 Å². The van der Waals surface area contributed by atoms with Gasteiger partial charge < -0.3 is 0 Å². The van der Waals surface area contributed by atoms with E-state index in [1.54, 1.807) is 24.3 Å². The molecule has 0 aliphatic heterocycles. The summed E-state index contributed by atoms with van der Waals surface area (Å²) in [5.74, 6) is 0.172. The molecule has 3 aromatic rings. The Kier molecular flexibility index (Phi) is 3.60. The van der Waals surface area contributed by atoms with Crippen molar-refractivity contribution < 1.29 is 8.42 Å². The zero-order chi connectivity index (χ0) is 14.9. The molecular weight excluding hydrogens is 354 g/mol. The molecule has 0 bridgehead atoms. The first-order chi connectivity index (χ1) is 10.1. The number of fused-ring (bicyclic) bond motifs is 1. The molecule has 0 saturated carbocycles. The minimum atomic E-state index is -3.72. The van der Waals surface area contributed by atoms with Gasteiger partial charge in [-0.05, 0) is 27.4 Å². The van der Waals surface area contributed by atoms with Crippen molar-refractivity contribution in [3.05, 3.63) is 59.5 Å². The predicted molar refractivity (Wildman–Crippen MR) is 84.5 cm³/mol. The lowest BCUT2D eigenvalue weighted by molar-refractivity contribution is 0.602. The molecule has 21 heavy (non-hydrogen) atoms. The number of nitrogens with zero attached hydrogens (tertiary/aromatic N) is 2. The molecule has 0 aliphatic rings. The van der Waals surface area contributed by atoms with Crippen molar-refractivity contribution in [2.45, 2.75) is 4.90 Å². The van der Waals surface area contributed by atoms with Crippen LogP contribution in [0.15, 0.2) is 64.4 Å². The molecule has 1 aromatic heterocycles. The van der Waals surface area contributed by atoms with Crippen molar-refractivity contribution in [2.24, 2.45) is 0 Å². The predicted octanol–water partition coefficient (Wildman–Crippen LogP) is 3.19. The molecule has 0 unspecified atom stereocenters. The molecule has 1 heterocycles. The summed E-state index contributed by atoms with van der Waals surface area (Å²) in [5.41, 5.74) is 0. The van der Waals surface area contributed by atoms with E-state index >= 15 is 0 Å². The van der Waals surface area contributed by atoms with E-state index in [0.717, 1.165) is 5.39 Å². The molecule has 0 aliphatic carbocycles. The van der Waals surface area contributed by atoms with Crippen LogP contribution >= 0.6 is 15.9 Å². The van der Waals surface area contributed by atoms with Gasteiger partial charge in [-0.15, -0.1) is 0 Å². The minimum Gasteiger partial charge on any atom is -0.262 e. The van der Waals surface area contributed by atoms with E-state index in [1.165, 1.54) is 12.4 Å². The van der Waals surface area contributed by atoms with Crippen molar-refractivity contribution in [1.29, 1.82) is 0 Å². The fourth-order valence-corrected chi connectivity index (χ4v) is 3.42. The summed E-state index contributed by atoms with van der Waals surface area (Å²) >= 11 is 3.15. The van der Waals surface area contributed by atoms with E-state index in [9.17, 15) is 8.42 Å². The Labute approximate surface area is 130 Å². The molecule has 3 rings (SSSR count). The van der Waals surface area contributed by atoms with Gasteiger partial charge >= 0.3 is 0 Å². The summed E-state index contributed by atoms with van der Waals surface area (Å²) < 4.78 is 28.0. The number of benzene rings is 2. The fraction of sp³-hybridized carbons (Fsp3) is 0. The second kappa shape index (κ2) is 5.42. The maximum Gasteiger partial charge on any atom is 0.263 e. The number of hydrogen-bond donors (Lipinski definition) is 1. The maximum absolute atomic E-state index is 12.5. The fourth-order valence-electron chi connectivity index (χ4n) is 1.99. The van der Waals surface area contributed by atoms with Gasteiger partial charge in [0.15, 0.2) is 5.82 Å². The minimum absolute atomic E-state index is 0.172. The van der Waals surface area contributed by atoms with Gasteiger partial charge in [0.1, 0.15) is 4.60 Å². The lowest BCUT2D eigenvalue weighted by Crippen LogP contribution is -2.14. The highest BCUT2D eigenvalue weighted by Crippen LogP contribution is 2.24. The molecule has 2 aromatic carbocycles. The number of nitrogens with one attached hydrogen (secondary N) is 1. The van der Waals surface area contributed by atoms with Crippen LogP contribution in [0.2, 0.25) is 0 Å². The lowest BCUT2D eigenvalue weighted by atomic mass is 10.1. The van der Waals surface area contributed by atoms with Crippen LogP contribution in [0, 0.1) is 0 Å². The maximum atomic E-state index is 12.5. The van der Waals surface area contributed by atoms with Gasteiger partial charge in [-0.2, -0.15) is 0 Å². The Morgan fingerprint density at radius 1 is 0.952 bits per heavy atom. The van der Waals surface area contributed by atoms with Crippen molar-refractivity contribution in [3.8, 4) is 0 Å². The SMILES string of the molecule is O=S(=O)(Nc1cnc(Br)cn1)c1cccc2ccccc12. The summed E-state index contributed by atoms with van der Waals surface area (Å²) in [5, 5.41) is 1.53. The van der Waals surface area contributed by atoms with Crippen molar-refractivity contribution in [1.82, 2.24) is 9.97 Å². The van der Waals surface area contributed by atoms with E-state index in [-0.39, 0.29) is 10.7 Å². The second-order valence-corrected chi connectivity index (χ2v) is 6.77. The average Bonchev–Trinajstić information content (AvgIpc) is 2.49. The molecule has 1 N–H and O–H groups in total. The van der Waals surface area contributed by atoms with E-state index < -0.39 is 10.0 Å². The van der Waals surface area contributed by atoms with Crippen LogP contribution in [0.3, 0.4) is 0 Å². The number of halogens is 1. The Bertz CT molecular complexity index is 890. The van der Waals surface area contributed by atoms with Crippen LogP contribution in [0.25, 0.3) is 10.8 Å². The molecule has 0 fully saturated rings. The third-order valence-corrected chi connectivity index (χ3v) is 4.72. The van der Waals surface area contributed by atoms with Crippen LogP contribution in [0.5, 0.6) is 0 Å². The van der Waals surface area contributed by atoms with Gasteiger partial charge in [0, 0.05) is 5.39 Å². The summed E-state index contributed by atoms with van der Waals surface area (Å²) in [6, 6.07) is 12.5. The average molecular weight is 364 g/mol. The van der Waals surface area contributed by atoms with Gasteiger partial charge in [0.25, 0.3) is 10.0 Å². The molecule has 106 valence electrons. The number of rotatable bonds is 3. The third-order valence-electron chi connectivity index (χ3n) is 2.90. The van der Waals surface area contributed by atoms with Crippen LogP contribution in [-0.2, 0) is 10.0 Å². The van der Waals surface area contributed by atoms with Crippen molar-refractivity contribution >= 4 is 42.5 Å². The summed E-state index contributed by atoms with van der Waals surface area (Å²) in [6.07, 6.45) is 2.79. The van der Waals surface area contributed by atoms with E-state index in [2.05, 4.69) is 30.6 Å². The Morgan fingerprint density at radius 3 is 2.48 bits per heavy atom. The largest absolute Gasteiger partial charge is 0.263 e.